The van der Waals surface area contributed by atoms with E-state index in [9.17, 15) is 4.79 Å². The molecule has 5 heteroatoms. The number of morpholine rings is 1. The number of para-hydroxylation sites is 1. The van der Waals surface area contributed by atoms with Gasteiger partial charge in [0.15, 0.2) is 0 Å². The van der Waals surface area contributed by atoms with Gasteiger partial charge in [0.2, 0.25) is 0 Å². The Bertz CT molecular complexity index is 405. The molecule has 1 saturated heterocycles. The molecule has 0 N–H and O–H groups in total. The second-order valence-corrected chi connectivity index (χ2v) is 4.73. The van der Waals surface area contributed by atoms with Gasteiger partial charge in [0, 0.05) is 18.4 Å². The molecular formula is C13H16BrNO3. The van der Waals surface area contributed by atoms with Gasteiger partial charge in [0.05, 0.1) is 25.4 Å². The molecule has 0 bridgehead atoms. The number of halogens is 1. The molecule has 0 radical (unpaired) electrons. The van der Waals surface area contributed by atoms with Gasteiger partial charge in [-0.2, -0.15) is 0 Å². The van der Waals surface area contributed by atoms with Crippen molar-refractivity contribution >= 4 is 21.8 Å². The van der Waals surface area contributed by atoms with Crippen LogP contribution < -0.4 is 4.74 Å². The summed E-state index contributed by atoms with van der Waals surface area (Å²) in [6.07, 6.45) is 0. The number of hydrogen-bond donors (Lipinski definition) is 0. The van der Waals surface area contributed by atoms with Crippen LogP contribution >= 0.6 is 15.9 Å². The fraction of sp³-hybridized carbons (Fsp3) is 0.462. The maximum atomic E-state index is 12.4. The molecule has 0 aliphatic carbocycles. The van der Waals surface area contributed by atoms with E-state index in [1.165, 1.54) is 0 Å². The molecule has 1 aliphatic heterocycles. The summed E-state index contributed by atoms with van der Waals surface area (Å²) in [7, 11) is 0. The highest BCUT2D eigenvalue weighted by Crippen LogP contribution is 2.20. The Morgan fingerprint density at radius 1 is 1.33 bits per heavy atom. The number of hydrogen-bond acceptors (Lipinski definition) is 3. The van der Waals surface area contributed by atoms with E-state index in [1.54, 1.807) is 11.0 Å². The van der Waals surface area contributed by atoms with Gasteiger partial charge in [-0.25, -0.2) is 0 Å². The number of rotatable bonds is 4. The molecule has 0 atom stereocenters. The first-order valence-electron chi connectivity index (χ1n) is 5.97. The van der Waals surface area contributed by atoms with Gasteiger partial charge in [-0.05, 0) is 12.1 Å². The number of alkyl halides is 1. The number of amides is 1. The zero-order valence-electron chi connectivity index (χ0n) is 10.1. The molecule has 2 rings (SSSR count). The Hall–Kier alpha value is -1.07. The molecule has 0 saturated carbocycles. The monoisotopic (exact) mass is 313 g/mol. The largest absolute Gasteiger partial charge is 0.492 e. The van der Waals surface area contributed by atoms with Crippen LogP contribution in [0.15, 0.2) is 24.3 Å². The summed E-state index contributed by atoms with van der Waals surface area (Å²) in [4.78, 5) is 14.2. The summed E-state index contributed by atoms with van der Waals surface area (Å²) in [5.41, 5.74) is 0.625. The summed E-state index contributed by atoms with van der Waals surface area (Å²) in [6.45, 7) is 3.05. The van der Waals surface area contributed by atoms with E-state index in [0.29, 0.717) is 44.2 Å². The lowest BCUT2D eigenvalue weighted by atomic mass is 10.1. The molecule has 98 valence electrons. The van der Waals surface area contributed by atoms with Crippen LogP contribution in [0.1, 0.15) is 10.4 Å². The van der Waals surface area contributed by atoms with Crippen molar-refractivity contribution in [2.24, 2.45) is 0 Å². The standard InChI is InChI=1S/C13H16BrNO3/c14-5-8-18-12-4-2-1-3-11(12)13(16)15-6-9-17-10-7-15/h1-4H,5-10H2. The van der Waals surface area contributed by atoms with Gasteiger partial charge in [-0.1, -0.05) is 28.1 Å². The molecule has 18 heavy (non-hydrogen) atoms. The average Bonchev–Trinajstić information content (AvgIpc) is 2.45. The molecule has 0 aromatic heterocycles. The Morgan fingerprint density at radius 3 is 2.78 bits per heavy atom. The third-order valence-corrected chi connectivity index (χ3v) is 3.07. The topological polar surface area (TPSA) is 38.8 Å². The van der Waals surface area contributed by atoms with Crippen molar-refractivity contribution in [3.05, 3.63) is 29.8 Å². The summed E-state index contributed by atoms with van der Waals surface area (Å²) in [5.74, 6) is 0.664. The summed E-state index contributed by atoms with van der Waals surface area (Å²) in [6, 6.07) is 7.37. The van der Waals surface area contributed by atoms with E-state index in [0.717, 1.165) is 5.33 Å². The van der Waals surface area contributed by atoms with E-state index in [4.69, 9.17) is 9.47 Å². The van der Waals surface area contributed by atoms with E-state index in [2.05, 4.69) is 15.9 Å². The lowest BCUT2D eigenvalue weighted by Crippen LogP contribution is -2.40. The lowest BCUT2D eigenvalue weighted by Gasteiger charge is -2.27. The smallest absolute Gasteiger partial charge is 0.257 e. The van der Waals surface area contributed by atoms with Crippen molar-refractivity contribution in [3.8, 4) is 5.75 Å². The molecule has 1 aromatic rings. The molecular weight excluding hydrogens is 298 g/mol. The zero-order chi connectivity index (χ0) is 12.8. The number of carbonyl (C=O) groups excluding carboxylic acids is 1. The molecule has 1 heterocycles. The summed E-state index contributed by atoms with van der Waals surface area (Å²) in [5, 5.41) is 0.743. The third-order valence-electron chi connectivity index (χ3n) is 2.75. The van der Waals surface area contributed by atoms with Gasteiger partial charge in [-0.15, -0.1) is 0 Å². The number of carbonyl (C=O) groups is 1. The normalized spacial score (nSPS) is 15.5. The van der Waals surface area contributed by atoms with E-state index < -0.39 is 0 Å². The predicted molar refractivity (Wildman–Crippen MR) is 72.5 cm³/mol. The fourth-order valence-electron chi connectivity index (χ4n) is 1.85. The Labute approximate surface area is 115 Å². The molecule has 1 aliphatic rings. The number of benzene rings is 1. The van der Waals surface area contributed by atoms with Crippen LogP contribution in [0.3, 0.4) is 0 Å². The summed E-state index contributed by atoms with van der Waals surface area (Å²) >= 11 is 3.31. The minimum Gasteiger partial charge on any atom is -0.492 e. The Balaban J connectivity index is 2.12. The Morgan fingerprint density at radius 2 is 2.06 bits per heavy atom. The predicted octanol–water partition coefficient (Wildman–Crippen LogP) is 1.93. The van der Waals surface area contributed by atoms with Gasteiger partial charge < -0.3 is 14.4 Å². The minimum absolute atomic E-state index is 0.0171. The van der Waals surface area contributed by atoms with Crippen molar-refractivity contribution in [2.75, 3.05) is 38.2 Å². The molecule has 1 aromatic carbocycles. The number of nitrogens with zero attached hydrogens (tertiary/aromatic N) is 1. The SMILES string of the molecule is O=C(c1ccccc1OCCBr)N1CCOCC1. The van der Waals surface area contributed by atoms with Crippen LogP contribution in [-0.4, -0.2) is 49.0 Å². The first-order chi connectivity index (χ1) is 8.83. The zero-order valence-corrected chi connectivity index (χ0v) is 11.7. The first kappa shape index (κ1) is 13.4. The maximum absolute atomic E-state index is 12.4. The third kappa shape index (κ3) is 3.23. The summed E-state index contributed by atoms with van der Waals surface area (Å²) < 4.78 is 10.8. The van der Waals surface area contributed by atoms with Crippen LogP contribution in [0.4, 0.5) is 0 Å². The van der Waals surface area contributed by atoms with Crippen molar-refractivity contribution in [1.82, 2.24) is 4.90 Å². The molecule has 4 nitrogen and oxygen atoms in total. The molecule has 1 fully saturated rings. The second-order valence-electron chi connectivity index (χ2n) is 3.94. The number of ether oxygens (including phenoxy) is 2. The average molecular weight is 314 g/mol. The minimum atomic E-state index is 0.0171. The highest BCUT2D eigenvalue weighted by Gasteiger charge is 2.21. The second kappa shape index (κ2) is 6.75. The fourth-order valence-corrected chi connectivity index (χ4v) is 2.02. The highest BCUT2D eigenvalue weighted by molar-refractivity contribution is 9.09. The van der Waals surface area contributed by atoms with E-state index >= 15 is 0 Å². The van der Waals surface area contributed by atoms with Crippen LogP contribution in [0.2, 0.25) is 0 Å². The lowest BCUT2D eigenvalue weighted by molar-refractivity contribution is 0.0300. The van der Waals surface area contributed by atoms with Crippen molar-refractivity contribution in [2.45, 2.75) is 0 Å². The van der Waals surface area contributed by atoms with Crippen molar-refractivity contribution in [3.63, 3.8) is 0 Å². The molecule has 0 spiro atoms. The van der Waals surface area contributed by atoms with Gasteiger partial charge in [0.1, 0.15) is 5.75 Å². The van der Waals surface area contributed by atoms with Crippen molar-refractivity contribution < 1.29 is 14.3 Å². The van der Waals surface area contributed by atoms with Crippen LogP contribution in [0.25, 0.3) is 0 Å². The van der Waals surface area contributed by atoms with Gasteiger partial charge in [-0.3, -0.25) is 4.79 Å². The van der Waals surface area contributed by atoms with Crippen LogP contribution in [-0.2, 0) is 4.74 Å². The quantitative estimate of drug-likeness (QED) is 0.797. The van der Waals surface area contributed by atoms with Crippen LogP contribution in [0, 0.1) is 0 Å². The van der Waals surface area contributed by atoms with Crippen molar-refractivity contribution in [1.29, 1.82) is 0 Å². The maximum Gasteiger partial charge on any atom is 0.257 e. The molecule has 1 amide bonds. The first-order valence-corrected chi connectivity index (χ1v) is 7.10. The van der Waals surface area contributed by atoms with E-state index in [-0.39, 0.29) is 5.91 Å². The van der Waals surface area contributed by atoms with Gasteiger partial charge in [0.25, 0.3) is 5.91 Å². The van der Waals surface area contributed by atoms with E-state index in [1.807, 2.05) is 18.2 Å². The Kier molecular flexibility index (Phi) is 5.01. The van der Waals surface area contributed by atoms with Gasteiger partial charge >= 0.3 is 0 Å². The highest BCUT2D eigenvalue weighted by atomic mass is 79.9. The molecule has 0 unspecified atom stereocenters. The van der Waals surface area contributed by atoms with Crippen LogP contribution in [0.5, 0.6) is 5.75 Å².